The van der Waals surface area contributed by atoms with Gasteiger partial charge in [0.05, 0.1) is 12.5 Å². The van der Waals surface area contributed by atoms with Gasteiger partial charge in [0.1, 0.15) is 5.82 Å². The number of piperazine rings is 1. The largest absolute Gasteiger partial charge is 0.468 e. The molecule has 1 heterocycles. The quantitative estimate of drug-likeness (QED) is 0.414. The zero-order chi connectivity index (χ0) is 24.0. The van der Waals surface area contributed by atoms with Crippen LogP contribution in [0.4, 0.5) is 10.1 Å². The highest BCUT2D eigenvalue weighted by molar-refractivity contribution is 5.82. The van der Waals surface area contributed by atoms with Crippen molar-refractivity contribution < 1.29 is 13.9 Å². The van der Waals surface area contributed by atoms with E-state index in [2.05, 4.69) is 21.9 Å². The van der Waals surface area contributed by atoms with Crippen LogP contribution in [0.15, 0.2) is 78.9 Å². The van der Waals surface area contributed by atoms with E-state index in [1.54, 1.807) is 6.07 Å². The molecule has 0 N–H and O–H groups in total. The first-order valence-electron chi connectivity index (χ1n) is 12.0. The number of rotatable bonds is 8. The monoisotopic (exact) mass is 460 g/mol. The van der Waals surface area contributed by atoms with Gasteiger partial charge in [0.25, 0.3) is 0 Å². The second-order valence-electron chi connectivity index (χ2n) is 9.15. The number of benzene rings is 3. The van der Waals surface area contributed by atoms with E-state index in [4.69, 9.17) is 4.74 Å². The molecule has 1 atom stereocenters. The fourth-order valence-corrected chi connectivity index (χ4v) is 4.83. The first kappa shape index (κ1) is 24.0. The van der Waals surface area contributed by atoms with E-state index in [1.165, 1.54) is 18.9 Å². The standard InChI is InChI=1S/C29H33FN2O2/c1-29(28(33)34-2,24-9-4-3-5-10-24)17-8-18-31-19-21-32(22-20-31)25-15-13-23(14-16-25)26-11-6-7-12-27(26)30/h3-7,9-16H,8,17-22H2,1-2H3. The molecule has 0 bridgehead atoms. The Bertz CT molecular complexity index is 1080. The fraction of sp³-hybridized carbons (Fsp3) is 0.345. The van der Waals surface area contributed by atoms with Gasteiger partial charge in [0, 0.05) is 37.4 Å². The molecule has 0 amide bonds. The number of esters is 1. The highest BCUT2D eigenvalue weighted by atomic mass is 19.1. The molecule has 4 rings (SSSR count). The molecule has 178 valence electrons. The van der Waals surface area contributed by atoms with Gasteiger partial charge >= 0.3 is 5.97 Å². The minimum atomic E-state index is -0.627. The number of methoxy groups -OCH3 is 1. The number of carbonyl (C=O) groups is 1. The van der Waals surface area contributed by atoms with Gasteiger partial charge in [0.15, 0.2) is 0 Å². The van der Waals surface area contributed by atoms with Crippen molar-refractivity contribution in [2.24, 2.45) is 0 Å². The number of halogens is 1. The predicted octanol–water partition coefficient (Wildman–Crippen LogP) is 5.53. The van der Waals surface area contributed by atoms with Gasteiger partial charge in [-0.3, -0.25) is 9.69 Å². The lowest BCUT2D eigenvalue weighted by molar-refractivity contribution is -0.147. The van der Waals surface area contributed by atoms with Gasteiger partial charge in [-0.25, -0.2) is 4.39 Å². The Morgan fingerprint density at radius 1 is 0.912 bits per heavy atom. The van der Waals surface area contributed by atoms with Crippen LogP contribution in [0.25, 0.3) is 11.1 Å². The van der Waals surface area contributed by atoms with Gasteiger partial charge in [-0.1, -0.05) is 60.7 Å². The molecule has 0 aromatic heterocycles. The molecule has 34 heavy (non-hydrogen) atoms. The van der Waals surface area contributed by atoms with E-state index in [0.29, 0.717) is 5.56 Å². The Hall–Kier alpha value is -3.18. The van der Waals surface area contributed by atoms with E-state index in [9.17, 15) is 9.18 Å². The van der Waals surface area contributed by atoms with E-state index < -0.39 is 5.41 Å². The van der Waals surface area contributed by atoms with Crippen LogP contribution in [0.5, 0.6) is 0 Å². The lowest BCUT2D eigenvalue weighted by atomic mass is 9.78. The third-order valence-electron chi connectivity index (χ3n) is 6.99. The van der Waals surface area contributed by atoms with Crippen molar-refractivity contribution in [2.75, 3.05) is 44.7 Å². The summed E-state index contributed by atoms with van der Waals surface area (Å²) < 4.78 is 19.2. The SMILES string of the molecule is COC(=O)C(C)(CCCN1CCN(c2ccc(-c3ccccc3F)cc2)CC1)c1ccccc1. The maximum absolute atomic E-state index is 14.1. The fourth-order valence-electron chi connectivity index (χ4n) is 4.83. The molecule has 3 aromatic rings. The molecule has 1 saturated heterocycles. The van der Waals surface area contributed by atoms with Crippen LogP contribution < -0.4 is 4.90 Å². The van der Waals surface area contributed by atoms with Crippen LogP contribution >= 0.6 is 0 Å². The Morgan fingerprint density at radius 3 is 2.21 bits per heavy atom. The smallest absolute Gasteiger partial charge is 0.315 e. The summed E-state index contributed by atoms with van der Waals surface area (Å²) >= 11 is 0. The molecule has 0 saturated carbocycles. The minimum Gasteiger partial charge on any atom is -0.468 e. The molecular formula is C29H33FN2O2. The maximum atomic E-state index is 14.1. The molecular weight excluding hydrogens is 427 g/mol. The average Bonchev–Trinajstić information content (AvgIpc) is 2.89. The van der Waals surface area contributed by atoms with Gasteiger partial charge in [-0.05, 0) is 55.6 Å². The second-order valence-corrected chi connectivity index (χ2v) is 9.15. The van der Waals surface area contributed by atoms with Crippen molar-refractivity contribution in [2.45, 2.75) is 25.2 Å². The van der Waals surface area contributed by atoms with Crippen LogP contribution in [0.3, 0.4) is 0 Å². The molecule has 1 unspecified atom stereocenters. The zero-order valence-electron chi connectivity index (χ0n) is 20.0. The van der Waals surface area contributed by atoms with Gasteiger partial charge < -0.3 is 9.64 Å². The third kappa shape index (κ3) is 5.31. The highest BCUT2D eigenvalue weighted by Gasteiger charge is 2.36. The van der Waals surface area contributed by atoms with Crippen LogP contribution in [-0.4, -0.2) is 50.7 Å². The molecule has 1 aliphatic rings. The summed E-state index contributed by atoms with van der Waals surface area (Å²) in [6, 6.07) is 25.0. The van der Waals surface area contributed by atoms with E-state index in [0.717, 1.165) is 56.7 Å². The first-order chi connectivity index (χ1) is 16.5. The Labute approximate surface area is 202 Å². The number of hydrogen-bond acceptors (Lipinski definition) is 4. The lowest BCUT2D eigenvalue weighted by Gasteiger charge is -2.36. The summed E-state index contributed by atoms with van der Waals surface area (Å²) in [6.07, 6.45) is 1.68. The van der Waals surface area contributed by atoms with E-state index in [-0.39, 0.29) is 11.8 Å². The Kier molecular flexibility index (Phi) is 7.63. The number of anilines is 1. The Morgan fingerprint density at radius 2 is 1.56 bits per heavy atom. The zero-order valence-corrected chi connectivity index (χ0v) is 20.0. The summed E-state index contributed by atoms with van der Waals surface area (Å²) in [5.74, 6) is -0.373. The summed E-state index contributed by atoms with van der Waals surface area (Å²) in [7, 11) is 1.46. The highest BCUT2D eigenvalue weighted by Crippen LogP contribution is 2.31. The van der Waals surface area contributed by atoms with Crippen LogP contribution in [0.1, 0.15) is 25.3 Å². The molecule has 4 nitrogen and oxygen atoms in total. The molecule has 1 fully saturated rings. The van der Waals surface area contributed by atoms with E-state index >= 15 is 0 Å². The summed E-state index contributed by atoms with van der Waals surface area (Å²) in [4.78, 5) is 17.4. The van der Waals surface area contributed by atoms with Crippen molar-refractivity contribution in [3.8, 4) is 11.1 Å². The van der Waals surface area contributed by atoms with Crippen LogP contribution in [0, 0.1) is 5.82 Å². The molecule has 3 aromatic carbocycles. The molecule has 1 aliphatic heterocycles. The predicted molar refractivity (Wildman–Crippen MR) is 136 cm³/mol. The van der Waals surface area contributed by atoms with Crippen LogP contribution in [0.2, 0.25) is 0 Å². The van der Waals surface area contributed by atoms with Gasteiger partial charge in [-0.2, -0.15) is 0 Å². The van der Waals surface area contributed by atoms with E-state index in [1.807, 2.05) is 61.5 Å². The molecule has 0 aliphatic carbocycles. The minimum absolute atomic E-state index is 0.178. The van der Waals surface area contributed by atoms with Gasteiger partial charge in [0.2, 0.25) is 0 Å². The maximum Gasteiger partial charge on any atom is 0.315 e. The molecule has 0 spiro atoms. The number of carbonyl (C=O) groups excluding carboxylic acids is 1. The van der Waals surface area contributed by atoms with Crippen molar-refractivity contribution in [3.63, 3.8) is 0 Å². The van der Waals surface area contributed by atoms with Crippen molar-refractivity contribution in [1.29, 1.82) is 0 Å². The number of ether oxygens (including phenoxy) is 1. The topological polar surface area (TPSA) is 32.8 Å². The van der Waals surface area contributed by atoms with Crippen molar-refractivity contribution in [3.05, 3.63) is 90.2 Å². The average molecular weight is 461 g/mol. The van der Waals surface area contributed by atoms with Crippen LogP contribution in [-0.2, 0) is 14.9 Å². The summed E-state index contributed by atoms with van der Waals surface area (Å²) in [5.41, 5.74) is 3.08. The molecule has 5 heteroatoms. The number of hydrogen-bond donors (Lipinski definition) is 0. The van der Waals surface area contributed by atoms with Crippen molar-refractivity contribution >= 4 is 11.7 Å². The van der Waals surface area contributed by atoms with Crippen molar-refractivity contribution in [1.82, 2.24) is 4.90 Å². The molecule has 0 radical (unpaired) electrons. The normalized spacial score (nSPS) is 16.1. The van der Waals surface area contributed by atoms with Gasteiger partial charge in [-0.15, -0.1) is 0 Å². The Balaban J connectivity index is 1.29. The second kappa shape index (κ2) is 10.8. The number of nitrogens with zero attached hydrogens (tertiary/aromatic N) is 2. The third-order valence-corrected chi connectivity index (χ3v) is 6.99. The summed E-state index contributed by atoms with van der Waals surface area (Å²) in [6.45, 7) is 6.80. The lowest BCUT2D eigenvalue weighted by Crippen LogP contribution is -2.47. The summed E-state index contributed by atoms with van der Waals surface area (Å²) in [5, 5.41) is 0. The first-order valence-corrected chi connectivity index (χ1v) is 12.0.